The third-order valence-corrected chi connectivity index (χ3v) is 4.09. The normalized spacial score (nSPS) is 10.1. The summed E-state index contributed by atoms with van der Waals surface area (Å²) in [5.74, 6) is 1.32. The minimum atomic E-state index is -0.343. The Morgan fingerprint density at radius 3 is 2.48 bits per heavy atom. The van der Waals surface area contributed by atoms with Crippen LogP contribution in [0.15, 0.2) is 60.9 Å². The van der Waals surface area contributed by atoms with E-state index in [0.29, 0.717) is 36.2 Å². The van der Waals surface area contributed by atoms with Crippen molar-refractivity contribution in [3.63, 3.8) is 0 Å². The molecule has 3 aromatic rings. The van der Waals surface area contributed by atoms with E-state index >= 15 is 0 Å². The Morgan fingerprint density at radius 1 is 1.00 bits per heavy atom. The smallest absolute Gasteiger partial charge is 0.319 e. The monoisotopic (exact) mass is 421 g/mol. The average molecular weight is 421 g/mol. The molecule has 9 heteroatoms. The number of rotatable bonds is 8. The van der Waals surface area contributed by atoms with Crippen molar-refractivity contribution in [2.75, 3.05) is 19.0 Å². The van der Waals surface area contributed by atoms with Crippen LogP contribution < -0.4 is 25.4 Å². The van der Waals surface area contributed by atoms with Crippen LogP contribution in [0.4, 0.5) is 10.5 Å². The lowest BCUT2D eigenvalue weighted by Crippen LogP contribution is -2.28. The molecule has 2 aromatic heterocycles. The zero-order valence-electron chi connectivity index (χ0n) is 17.2. The summed E-state index contributed by atoms with van der Waals surface area (Å²) in [5, 5.41) is 8.01. The van der Waals surface area contributed by atoms with Crippen LogP contribution in [0.5, 0.6) is 17.4 Å². The van der Waals surface area contributed by atoms with E-state index in [2.05, 4.69) is 25.9 Å². The predicted molar refractivity (Wildman–Crippen MR) is 115 cm³/mol. The third-order valence-electron chi connectivity index (χ3n) is 4.09. The number of anilines is 1. The molecule has 31 heavy (non-hydrogen) atoms. The molecule has 3 N–H and O–H groups in total. The lowest BCUT2D eigenvalue weighted by molar-refractivity contribution is 0.0958. The van der Waals surface area contributed by atoms with Crippen molar-refractivity contribution in [2.24, 2.45) is 0 Å². The number of nitrogens with one attached hydrogen (secondary N) is 3. The average Bonchev–Trinajstić information content (AvgIpc) is 2.80. The van der Waals surface area contributed by atoms with Crippen LogP contribution >= 0.6 is 0 Å². The molecule has 0 radical (unpaired) electrons. The topological polar surface area (TPSA) is 114 Å². The van der Waals surface area contributed by atoms with Crippen molar-refractivity contribution in [1.82, 2.24) is 20.6 Å². The van der Waals surface area contributed by atoms with Gasteiger partial charge in [0.05, 0.1) is 18.5 Å². The van der Waals surface area contributed by atoms with Crippen molar-refractivity contribution in [3.05, 3.63) is 72.2 Å². The number of aromatic nitrogens is 2. The first kappa shape index (κ1) is 21.6. The molecular weight excluding hydrogens is 398 g/mol. The molecule has 0 aliphatic carbocycles. The summed E-state index contributed by atoms with van der Waals surface area (Å²) >= 11 is 0. The number of carbonyl (C=O) groups excluding carboxylic acids is 2. The van der Waals surface area contributed by atoms with E-state index in [4.69, 9.17) is 9.47 Å². The van der Waals surface area contributed by atoms with Gasteiger partial charge in [0.2, 0.25) is 5.88 Å². The van der Waals surface area contributed by atoms with Crippen LogP contribution in [0.3, 0.4) is 0 Å². The fourth-order valence-electron chi connectivity index (χ4n) is 2.58. The van der Waals surface area contributed by atoms with E-state index < -0.39 is 0 Å². The number of hydrogen-bond donors (Lipinski definition) is 3. The van der Waals surface area contributed by atoms with E-state index in [1.54, 1.807) is 43.4 Å². The zero-order valence-corrected chi connectivity index (χ0v) is 17.2. The van der Waals surface area contributed by atoms with Gasteiger partial charge in [-0.1, -0.05) is 12.1 Å². The molecule has 0 atom stereocenters. The van der Waals surface area contributed by atoms with Gasteiger partial charge in [-0.25, -0.2) is 9.78 Å². The van der Waals surface area contributed by atoms with Gasteiger partial charge in [-0.3, -0.25) is 9.78 Å². The van der Waals surface area contributed by atoms with Crippen molar-refractivity contribution in [2.45, 2.75) is 13.5 Å². The van der Waals surface area contributed by atoms with Crippen molar-refractivity contribution in [1.29, 1.82) is 0 Å². The Balaban J connectivity index is 1.50. The number of hydrogen-bond acceptors (Lipinski definition) is 6. The zero-order chi connectivity index (χ0) is 22.1. The SMILES string of the molecule is CCOc1ccc(NC(=O)NCc2ccc(Oc3ccnc(C(=O)NC)c3)cc2)cn1. The number of urea groups is 1. The summed E-state index contributed by atoms with van der Waals surface area (Å²) in [5.41, 5.74) is 1.74. The summed E-state index contributed by atoms with van der Waals surface area (Å²) in [6.45, 7) is 2.75. The molecule has 160 valence electrons. The summed E-state index contributed by atoms with van der Waals surface area (Å²) in [7, 11) is 1.54. The standard InChI is InChI=1S/C22H23N5O4/c1-3-30-20-9-6-16(14-25-20)27-22(29)26-13-15-4-7-17(8-5-15)31-18-10-11-24-19(12-18)21(28)23-2/h4-12,14H,3,13H2,1-2H3,(H,23,28)(H2,26,27,29). The summed E-state index contributed by atoms with van der Waals surface area (Å²) < 4.78 is 11.0. The van der Waals surface area contributed by atoms with Crippen LogP contribution in [-0.2, 0) is 6.54 Å². The highest BCUT2D eigenvalue weighted by atomic mass is 16.5. The van der Waals surface area contributed by atoms with Crippen molar-refractivity contribution in [3.8, 4) is 17.4 Å². The number of carbonyl (C=O) groups is 2. The first-order valence-corrected chi connectivity index (χ1v) is 9.66. The fourth-order valence-corrected chi connectivity index (χ4v) is 2.58. The minimum Gasteiger partial charge on any atom is -0.478 e. The van der Waals surface area contributed by atoms with Gasteiger partial charge in [0.25, 0.3) is 5.91 Å². The van der Waals surface area contributed by atoms with Gasteiger partial charge >= 0.3 is 6.03 Å². The van der Waals surface area contributed by atoms with Gasteiger partial charge in [-0.05, 0) is 36.8 Å². The van der Waals surface area contributed by atoms with Crippen molar-refractivity contribution < 1.29 is 19.1 Å². The van der Waals surface area contributed by atoms with E-state index in [9.17, 15) is 9.59 Å². The van der Waals surface area contributed by atoms with Crippen LogP contribution in [0, 0.1) is 0 Å². The highest BCUT2D eigenvalue weighted by Gasteiger charge is 2.07. The van der Waals surface area contributed by atoms with Gasteiger partial charge in [-0.15, -0.1) is 0 Å². The predicted octanol–water partition coefficient (Wildman–Crippen LogP) is 3.35. The molecule has 0 spiro atoms. The lowest BCUT2D eigenvalue weighted by atomic mass is 10.2. The fraction of sp³-hybridized carbons (Fsp3) is 0.182. The maximum atomic E-state index is 12.1. The van der Waals surface area contributed by atoms with Crippen molar-refractivity contribution >= 4 is 17.6 Å². The molecule has 0 fully saturated rings. The highest BCUT2D eigenvalue weighted by Crippen LogP contribution is 2.22. The molecule has 9 nitrogen and oxygen atoms in total. The van der Waals surface area contributed by atoms with Gasteiger partial charge < -0.3 is 25.4 Å². The van der Waals surface area contributed by atoms with E-state index in [0.717, 1.165) is 5.56 Å². The minimum absolute atomic E-state index is 0.273. The van der Waals surface area contributed by atoms with Gasteiger partial charge in [0.15, 0.2) is 0 Å². The molecule has 0 saturated carbocycles. The molecule has 0 unspecified atom stereocenters. The van der Waals surface area contributed by atoms with Crippen LogP contribution in [0.2, 0.25) is 0 Å². The van der Waals surface area contributed by atoms with Crippen LogP contribution in [0.25, 0.3) is 0 Å². The number of nitrogens with zero attached hydrogens (tertiary/aromatic N) is 2. The Hall–Kier alpha value is -4.14. The molecule has 3 rings (SSSR count). The molecule has 0 aliphatic rings. The molecule has 1 aromatic carbocycles. The Bertz CT molecular complexity index is 1020. The van der Waals surface area contributed by atoms with Crippen LogP contribution in [-0.4, -0.2) is 35.6 Å². The Labute approximate surface area is 179 Å². The van der Waals surface area contributed by atoms with E-state index in [-0.39, 0.29) is 17.6 Å². The maximum Gasteiger partial charge on any atom is 0.319 e. The molecule has 2 heterocycles. The van der Waals surface area contributed by atoms with Gasteiger partial charge in [0.1, 0.15) is 17.2 Å². The summed E-state index contributed by atoms with van der Waals surface area (Å²) in [6, 6.07) is 13.6. The van der Waals surface area contributed by atoms with E-state index in [1.165, 1.54) is 12.4 Å². The highest BCUT2D eigenvalue weighted by molar-refractivity contribution is 5.92. The number of benzene rings is 1. The molecule has 0 bridgehead atoms. The Kier molecular flexibility index (Phi) is 7.36. The van der Waals surface area contributed by atoms with Crippen LogP contribution in [0.1, 0.15) is 23.0 Å². The third kappa shape index (κ3) is 6.43. The lowest BCUT2D eigenvalue weighted by Gasteiger charge is -2.10. The number of pyridine rings is 2. The summed E-state index contributed by atoms with van der Waals surface area (Å²) in [4.78, 5) is 31.8. The molecule has 0 saturated heterocycles. The first-order chi connectivity index (χ1) is 15.1. The second kappa shape index (κ2) is 10.6. The first-order valence-electron chi connectivity index (χ1n) is 9.66. The summed E-state index contributed by atoms with van der Waals surface area (Å²) in [6.07, 6.45) is 3.04. The second-order valence-corrected chi connectivity index (χ2v) is 6.33. The Morgan fingerprint density at radius 2 is 1.81 bits per heavy atom. The van der Waals surface area contributed by atoms with Gasteiger partial charge in [0, 0.05) is 31.9 Å². The number of ether oxygens (including phenoxy) is 2. The second-order valence-electron chi connectivity index (χ2n) is 6.33. The number of amides is 3. The maximum absolute atomic E-state index is 12.1. The molecule has 3 amide bonds. The quantitative estimate of drug-likeness (QED) is 0.514. The molecule has 0 aliphatic heterocycles. The van der Waals surface area contributed by atoms with Gasteiger partial charge in [-0.2, -0.15) is 0 Å². The molecular formula is C22H23N5O4. The van der Waals surface area contributed by atoms with E-state index in [1.807, 2.05) is 19.1 Å². The largest absolute Gasteiger partial charge is 0.478 e.